The molecule has 0 fully saturated rings. The molecule has 0 spiro atoms. The predicted molar refractivity (Wildman–Crippen MR) is 102 cm³/mol. The largest absolute Gasteiger partial charge is 0.285 e. The average Bonchev–Trinajstić information content (AvgIpc) is 3.09. The van der Waals surface area contributed by atoms with Crippen molar-refractivity contribution in [3.63, 3.8) is 0 Å². The van der Waals surface area contributed by atoms with Crippen molar-refractivity contribution < 1.29 is 0 Å². The highest BCUT2D eigenvalue weighted by atomic mass is 32.1. The summed E-state index contributed by atoms with van der Waals surface area (Å²) in [4.78, 5) is 12.8. The molecule has 0 aliphatic carbocycles. The molecule has 1 N–H and O–H groups in total. The SMILES string of the molecule is O=c1[nH]nnc2c1sc1nnc(-c3ccccc3)c(-c3ccccc3)c12. The van der Waals surface area contributed by atoms with Crippen LogP contribution in [0.25, 0.3) is 42.8 Å². The number of benzene rings is 2. The number of aromatic nitrogens is 5. The molecule has 3 aromatic heterocycles. The van der Waals surface area contributed by atoms with Crippen molar-refractivity contribution in [3.05, 3.63) is 71.0 Å². The Labute approximate surface area is 151 Å². The molecular weight excluding hydrogens is 346 g/mol. The van der Waals surface area contributed by atoms with Crippen molar-refractivity contribution in [2.24, 2.45) is 0 Å². The lowest BCUT2D eigenvalue weighted by atomic mass is 9.97. The zero-order valence-corrected chi connectivity index (χ0v) is 14.2. The molecular formula is C19H11N5OS. The van der Waals surface area contributed by atoms with Crippen LogP contribution < -0.4 is 5.56 Å². The first-order chi connectivity index (χ1) is 12.8. The van der Waals surface area contributed by atoms with E-state index in [2.05, 4.69) is 25.6 Å². The Kier molecular flexibility index (Phi) is 3.32. The third kappa shape index (κ3) is 2.21. The topological polar surface area (TPSA) is 84.4 Å². The van der Waals surface area contributed by atoms with E-state index in [1.165, 1.54) is 11.3 Å². The van der Waals surface area contributed by atoms with Crippen LogP contribution in [0.5, 0.6) is 0 Å². The quantitative estimate of drug-likeness (QED) is 0.521. The molecule has 0 unspecified atom stereocenters. The van der Waals surface area contributed by atoms with E-state index in [1.807, 2.05) is 60.7 Å². The molecule has 7 heteroatoms. The summed E-state index contributed by atoms with van der Waals surface area (Å²) < 4.78 is 0.506. The number of thiophene rings is 1. The summed E-state index contributed by atoms with van der Waals surface area (Å²) in [5.41, 5.74) is 3.91. The first-order valence-electron chi connectivity index (χ1n) is 7.98. The van der Waals surface area contributed by atoms with Gasteiger partial charge in [0.15, 0.2) is 0 Å². The summed E-state index contributed by atoms with van der Waals surface area (Å²) in [6.07, 6.45) is 0. The molecule has 0 aliphatic rings. The van der Waals surface area contributed by atoms with Gasteiger partial charge in [0.1, 0.15) is 20.7 Å². The van der Waals surface area contributed by atoms with Crippen LogP contribution in [0.4, 0.5) is 0 Å². The van der Waals surface area contributed by atoms with Gasteiger partial charge in [0, 0.05) is 11.1 Å². The van der Waals surface area contributed by atoms with Crippen molar-refractivity contribution in [2.75, 3.05) is 0 Å². The van der Waals surface area contributed by atoms with Gasteiger partial charge in [0.2, 0.25) is 0 Å². The van der Waals surface area contributed by atoms with Gasteiger partial charge < -0.3 is 0 Å². The first kappa shape index (κ1) is 14.9. The van der Waals surface area contributed by atoms with Crippen molar-refractivity contribution >= 4 is 31.8 Å². The van der Waals surface area contributed by atoms with Gasteiger partial charge in [0.25, 0.3) is 5.56 Å². The van der Waals surface area contributed by atoms with Gasteiger partial charge in [-0.3, -0.25) is 4.79 Å². The first-order valence-corrected chi connectivity index (χ1v) is 8.79. The van der Waals surface area contributed by atoms with Crippen molar-refractivity contribution in [1.29, 1.82) is 0 Å². The molecule has 0 amide bonds. The summed E-state index contributed by atoms with van der Waals surface area (Å²) in [7, 11) is 0. The van der Waals surface area contributed by atoms with E-state index in [0.29, 0.717) is 15.0 Å². The number of fused-ring (bicyclic) bond motifs is 3. The molecule has 0 radical (unpaired) electrons. The summed E-state index contributed by atoms with van der Waals surface area (Å²) >= 11 is 1.28. The molecule has 0 bridgehead atoms. The summed E-state index contributed by atoms with van der Waals surface area (Å²) in [5, 5.41) is 20.0. The Balaban J connectivity index is 1.99. The van der Waals surface area contributed by atoms with Crippen LogP contribution in [0.15, 0.2) is 65.5 Å². The predicted octanol–water partition coefficient (Wildman–Crippen LogP) is 3.66. The minimum atomic E-state index is -0.265. The Hall–Kier alpha value is -3.45. The number of hydrogen-bond acceptors (Lipinski definition) is 6. The van der Waals surface area contributed by atoms with E-state index in [4.69, 9.17) is 0 Å². The molecule has 0 aliphatic heterocycles. The number of H-pyrrole nitrogens is 1. The lowest BCUT2D eigenvalue weighted by Crippen LogP contribution is -2.07. The van der Waals surface area contributed by atoms with E-state index in [-0.39, 0.29) is 5.56 Å². The van der Waals surface area contributed by atoms with E-state index >= 15 is 0 Å². The molecule has 124 valence electrons. The zero-order valence-electron chi connectivity index (χ0n) is 13.4. The summed E-state index contributed by atoms with van der Waals surface area (Å²) in [6.45, 7) is 0. The maximum absolute atomic E-state index is 12.2. The van der Waals surface area contributed by atoms with Gasteiger partial charge in [-0.05, 0) is 5.56 Å². The second-order valence-electron chi connectivity index (χ2n) is 5.76. The second kappa shape index (κ2) is 5.82. The lowest BCUT2D eigenvalue weighted by Gasteiger charge is -2.10. The molecule has 0 saturated heterocycles. The van der Waals surface area contributed by atoms with Crippen LogP contribution in [-0.4, -0.2) is 25.6 Å². The van der Waals surface area contributed by atoms with Crippen molar-refractivity contribution in [1.82, 2.24) is 25.6 Å². The summed E-state index contributed by atoms with van der Waals surface area (Å²) in [6, 6.07) is 19.8. The molecule has 0 atom stereocenters. The Bertz CT molecular complexity index is 1300. The maximum Gasteiger partial charge on any atom is 0.285 e. The van der Waals surface area contributed by atoms with E-state index in [1.54, 1.807) is 0 Å². The zero-order chi connectivity index (χ0) is 17.5. The third-order valence-electron chi connectivity index (χ3n) is 4.21. The van der Waals surface area contributed by atoms with Crippen LogP contribution in [0.1, 0.15) is 0 Å². The van der Waals surface area contributed by atoms with Gasteiger partial charge in [-0.15, -0.1) is 26.6 Å². The van der Waals surface area contributed by atoms with Gasteiger partial charge >= 0.3 is 0 Å². The standard InChI is InChI=1S/C19H11N5OS/c25-18-17-16(21-24-22-18)14-13(11-7-3-1-4-8-11)15(20-23-19(14)26-17)12-9-5-2-6-10-12/h1-10H,(H,21,22,25). The Morgan fingerprint density at radius 2 is 1.50 bits per heavy atom. The fraction of sp³-hybridized carbons (Fsp3) is 0. The van der Waals surface area contributed by atoms with Crippen LogP contribution in [0.2, 0.25) is 0 Å². The summed E-state index contributed by atoms with van der Waals surface area (Å²) in [5.74, 6) is 0. The van der Waals surface area contributed by atoms with E-state index < -0.39 is 0 Å². The van der Waals surface area contributed by atoms with E-state index in [0.717, 1.165) is 27.8 Å². The highest BCUT2D eigenvalue weighted by molar-refractivity contribution is 7.25. The molecule has 6 nitrogen and oxygen atoms in total. The number of aromatic amines is 1. The van der Waals surface area contributed by atoms with Crippen LogP contribution in [0, 0.1) is 0 Å². The van der Waals surface area contributed by atoms with Crippen LogP contribution >= 0.6 is 11.3 Å². The van der Waals surface area contributed by atoms with Crippen LogP contribution in [0.3, 0.4) is 0 Å². The monoisotopic (exact) mass is 357 g/mol. The fourth-order valence-corrected chi connectivity index (χ4v) is 4.03. The van der Waals surface area contributed by atoms with Gasteiger partial charge in [-0.25, -0.2) is 5.10 Å². The van der Waals surface area contributed by atoms with Gasteiger partial charge in [-0.1, -0.05) is 65.9 Å². The molecule has 3 heterocycles. The average molecular weight is 357 g/mol. The Morgan fingerprint density at radius 1 is 0.808 bits per heavy atom. The number of nitrogens with one attached hydrogen (secondary N) is 1. The molecule has 5 aromatic rings. The second-order valence-corrected chi connectivity index (χ2v) is 6.76. The minimum absolute atomic E-state index is 0.265. The normalized spacial score (nSPS) is 11.2. The molecule has 2 aromatic carbocycles. The lowest BCUT2D eigenvalue weighted by molar-refractivity contribution is 0.876. The molecule has 5 rings (SSSR count). The van der Waals surface area contributed by atoms with Crippen molar-refractivity contribution in [3.8, 4) is 22.4 Å². The number of rotatable bonds is 2. The van der Waals surface area contributed by atoms with Gasteiger partial charge in [0.05, 0.1) is 5.39 Å². The fourth-order valence-electron chi connectivity index (χ4n) is 3.07. The maximum atomic E-state index is 12.2. The Morgan fingerprint density at radius 3 is 2.23 bits per heavy atom. The highest BCUT2D eigenvalue weighted by Crippen LogP contribution is 2.40. The number of nitrogens with zero attached hydrogens (tertiary/aromatic N) is 4. The van der Waals surface area contributed by atoms with Crippen molar-refractivity contribution in [2.45, 2.75) is 0 Å². The molecule has 26 heavy (non-hydrogen) atoms. The smallest absolute Gasteiger partial charge is 0.266 e. The van der Waals surface area contributed by atoms with E-state index in [9.17, 15) is 4.79 Å². The third-order valence-corrected chi connectivity index (χ3v) is 5.27. The number of hydrogen-bond donors (Lipinski definition) is 1. The van der Waals surface area contributed by atoms with Crippen LogP contribution in [-0.2, 0) is 0 Å². The minimum Gasteiger partial charge on any atom is -0.266 e. The molecule has 0 saturated carbocycles. The highest BCUT2D eigenvalue weighted by Gasteiger charge is 2.20. The van der Waals surface area contributed by atoms with Gasteiger partial charge in [-0.2, -0.15) is 0 Å².